The third kappa shape index (κ3) is 5.32. The molecule has 0 fully saturated rings. The van der Waals surface area contributed by atoms with E-state index >= 15 is 0 Å². The molecule has 2 heterocycles. The van der Waals surface area contributed by atoms with Crippen LogP contribution in [0.15, 0.2) is 58.7 Å². The van der Waals surface area contributed by atoms with Crippen LogP contribution in [0.1, 0.15) is 5.56 Å². The Balaban J connectivity index is 1.57. The molecule has 2 aromatic heterocycles. The van der Waals surface area contributed by atoms with Crippen molar-refractivity contribution in [1.29, 1.82) is 0 Å². The van der Waals surface area contributed by atoms with Crippen LogP contribution >= 0.6 is 11.3 Å². The summed E-state index contributed by atoms with van der Waals surface area (Å²) in [6.45, 7) is 0.573. The molecule has 150 valence electrons. The van der Waals surface area contributed by atoms with Crippen molar-refractivity contribution in [3.8, 4) is 22.1 Å². The van der Waals surface area contributed by atoms with Gasteiger partial charge in [0.1, 0.15) is 5.69 Å². The van der Waals surface area contributed by atoms with Crippen molar-refractivity contribution in [3.05, 3.63) is 69.8 Å². The van der Waals surface area contributed by atoms with Gasteiger partial charge in [0.25, 0.3) is 5.56 Å². The number of rotatable bonds is 8. The minimum absolute atomic E-state index is 0.208. The highest BCUT2D eigenvalue weighted by Crippen LogP contribution is 2.27. The molecule has 1 amide bonds. The summed E-state index contributed by atoms with van der Waals surface area (Å²) in [7, 11) is 3.12. The lowest BCUT2D eigenvalue weighted by atomic mass is 10.2. The van der Waals surface area contributed by atoms with Gasteiger partial charge in [0.2, 0.25) is 5.91 Å². The van der Waals surface area contributed by atoms with Crippen LogP contribution < -0.4 is 20.3 Å². The molecule has 0 atom stereocenters. The second-order valence-corrected chi connectivity index (χ2v) is 6.94. The maximum Gasteiger partial charge on any atom is 0.266 e. The largest absolute Gasteiger partial charge is 0.493 e. The summed E-state index contributed by atoms with van der Waals surface area (Å²) in [5.74, 6) is 0.949. The molecule has 0 radical (unpaired) electrons. The molecule has 0 aliphatic heterocycles. The number of carbonyl (C=O) groups is 1. The molecule has 0 aliphatic carbocycles. The Hall–Kier alpha value is -3.39. The first-order valence-corrected chi connectivity index (χ1v) is 9.78. The van der Waals surface area contributed by atoms with Crippen LogP contribution in [0.3, 0.4) is 0 Å². The first kappa shape index (κ1) is 20.3. The van der Waals surface area contributed by atoms with Crippen LogP contribution in [-0.4, -0.2) is 36.5 Å². The van der Waals surface area contributed by atoms with E-state index in [2.05, 4.69) is 10.4 Å². The Morgan fingerprint density at radius 1 is 1.17 bits per heavy atom. The van der Waals surface area contributed by atoms with E-state index in [-0.39, 0.29) is 24.6 Å². The third-order valence-corrected chi connectivity index (χ3v) is 4.99. The Morgan fingerprint density at radius 2 is 2.00 bits per heavy atom. The van der Waals surface area contributed by atoms with Gasteiger partial charge in [0.05, 0.1) is 25.6 Å². The Labute approximate surface area is 172 Å². The highest BCUT2D eigenvalue weighted by atomic mass is 32.1. The first-order valence-electron chi connectivity index (χ1n) is 8.90. The fourth-order valence-electron chi connectivity index (χ4n) is 2.64. The topological polar surface area (TPSA) is 82.5 Å². The lowest BCUT2D eigenvalue weighted by molar-refractivity contribution is -0.116. The van der Waals surface area contributed by atoms with Gasteiger partial charge in [-0.1, -0.05) is 12.1 Å². The molecule has 1 aromatic carbocycles. The lowest BCUT2D eigenvalue weighted by Crippen LogP contribution is -2.31. The van der Waals surface area contributed by atoms with Crippen LogP contribution in [-0.2, 0) is 11.3 Å². The van der Waals surface area contributed by atoms with Crippen LogP contribution in [0.2, 0.25) is 0 Å². The van der Waals surface area contributed by atoms with E-state index in [0.717, 1.165) is 16.1 Å². The third-order valence-electron chi connectivity index (χ3n) is 4.10. The summed E-state index contributed by atoms with van der Waals surface area (Å²) in [6, 6.07) is 12.4. The summed E-state index contributed by atoms with van der Waals surface area (Å²) in [5, 5.41) is 9.07. The SMILES string of the molecule is COc1ccc(/C=C/C(=O)NCCn2nc(-c3cccs3)ccc2=O)cc1OC. The highest BCUT2D eigenvalue weighted by molar-refractivity contribution is 7.13. The molecule has 7 nitrogen and oxygen atoms in total. The van der Waals surface area contributed by atoms with Crippen molar-refractivity contribution < 1.29 is 14.3 Å². The quantitative estimate of drug-likeness (QED) is 0.577. The second-order valence-electron chi connectivity index (χ2n) is 6.00. The van der Waals surface area contributed by atoms with E-state index in [9.17, 15) is 9.59 Å². The predicted molar refractivity (Wildman–Crippen MR) is 113 cm³/mol. The molecule has 0 bridgehead atoms. The van der Waals surface area contributed by atoms with Crippen molar-refractivity contribution in [2.45, 2.75) is 6.54 Å². The zero-order valence-electron chi connectivity index (χ0n) is 16.1. The summed E-state index contributed by atoms with van der Waals surface area (Å²) in [4.78, 5) is 25.0. The molecular formula is C21H21N3O4S. The normalized spacial score (nSPS) is 10.8. The van der Waals surface area contributed by atoms with Gasteiger partial charge in [-0.25, -0.2) is 4.68 Å². The van der Waals surface area contributed by atoms with E-state index < -0.39 is 0 Å². The fraction of sp³-hybridized carbons (Fsp3) is 0.190. The first-order chi connectivity index (χ1) is 14.1. The van der Waals surface area contributed by atoms with Gasteiger partial charge in [-0.15, -0.1) is 11.3 Å². The Bertz CT molecular complexity index is 1060. The fourth-order valence-corrected chi connectivity index (χ4v) is 3.33. The summed E-state index contributed by atoms with van der Waals surface area (Å²) in [5.41, 5.74) is 1.33. The number of aromatic nitrogens is 2. The molecule has 0 saturated carbocycles. The van der Waals surface area contributed by atoms with Gasteiger partial charge in [0.15, 0.2) is 11.5 Å². The summed E-state index contributed by atoms with van der Waals surface area (Å²) >= 11 is 1.56. The molecule has 29 heavy (non-hydrogen) atoms. The number of methoxy groups -OCH3 is 2. The number of thiophene rings is 1. The minimum Gasteiger partial charge on any atom is -0.493 e. The Morgan fingerprint density at radius 3 is 2.72 bits per heavy atom. The van der Waals surface area contributed by atoms with E-state index in [1.54, 1.807) is 49.8 Å². The predicted octanol–water partition coefficient (Wildman–Crippen LogP) is 2.82. The van der Waals surface area contributed by atoms with Crippen LogP contribution in [0, 0.1) is 0 Å². The summed E-state index contributed by atoms with van der Waals surface area (Å²) < 4.78 is 11.8. The maximum atomic E-state index is 12.1. The lowest BCUT2D eigenvalue weighted by Gasteiger charge is -2.08. The molecule has 3 aromatic rings. The number of hydrogen-bond donors (Lipinski definition) is 1. The number of nitrogens with one attached hydrogen (secondary N) is 1. The zero-order valence-corrected chi connectivity index (χ0v) is 16.9. The zero-order chi connectivity index (χ0) is 20.6. The van der Waals surface area contributed by atoms with Crippen LogP contribution in [0.4, 0.5) is 0 Å². The van der Waals surface area contributed by atoms with Crippen molar-refractivity contribution >= 4 is 23.3 Å². The molecule has 3 rings (SSSR count). The standard InChI is InChI=1S/C21H21N3O4S/c1-27-17-8-5-15(14-18(17)28-2)6-9-20(25)22-11-12-24-21(26)10-7-16(23-24)19-4-3-13-29-19/h3-10,13-14H,11-12H2,1-2H3,(H,22,25)/b9-6+. The number of benzene rings is 1. The molecular weight excluding hydrogens is 390 g/mol. The average Bonchev–Trinajstić information content (AvgIpc) is 3.28. The van der Waals surface area contributed by atoms with Crippen LogP contribution in [0.25, 0.3) is 16.6 Å². The van der Waals surface area contributed by atoms with Gasteiger partial charge >= 0.3 is 0 Å². The molecule has 0 aliphatic rings. The number of nitrogens with zero attached hydrogens (tertiary/aromatic N) is 2. The number of amides is 1. The van der Waals surface area contributed by atoms with Gasteiger partial charge in [-0.3, -0.25) is 9.59 Å². The van der Waals surface area contributed by atoms with E-state index in [0.29, 0.717) is 11.5 Å². The molecule has 0 saturated heterocycles. The Kier molecular flexibility index (Phi) is 6.80. The molecule has 8 heteroatoms. The van der Waals surface area contributed by atoms with Crippen molar-refractivity contribution in [1.82, 2.24) is 15.1 Å². The smallest absolute Gasteiger partial charge is 0.266 e. The van der Waals surface area contributed by atoms with Gasteiger partial charge in [-0.2, -0.15) is 5.10 Å². The van der Waals surface area contributed by atoms with Crippen molar-refractivity contribution in [3.63, 3.8) is 0 Å². The van der Waals surface area contributed by atoms with Crippen LogP contribution in [0.5, 0.6) is 11.5 Å². The van der Waals surface area contributed by atoms with E-state index in [1.165, 1.54) is 16.8 Å². The number of carbonyl (C=O) groups excluding carboxylic acids is 1. The monoisotopic (exact) mass is 411 g/mol. The molecule has 0 unspecified atom stereocenters. The second kappa shape index (κ2) is 9.70. The molecule has 1 N–H and O–H groups in total. The van der Waals surface area contributed by atoms with E-state index in [4.69, 9.17) is 9.47 Å². The van der Waals surface area contributed by atoms with Gasteiger partial charge in [0, 0.05) is 18.7 Å². The maximum absolute atomic E-state index is 12.1. The van der Waals surface area contributed by atoms with Crippen molar-refractivity contribution in [2.75, 3.05) is 20.8 Å². The van der Waals surface area contributed by atoms with Crippen molar-refractivity contribution in [2.24, 2.45) is 0 Å². The molecule has 0 spiro atoms. The highest BCUT2D eigenvalue weighted by Gasteiger charge is 2.05. The average molecular weight is 411 g/mol. The summed E-state index contributed by atoms with van der Waals surface area (Å²) in [6.07, 6.45) is 3.11. The number of hydrogen-bond acceptors (Lipinski definition) is 6. The van der Waals surface area contributed by atoms with Gasteiger partial charge in [-0.05, 0) is 41.3 Å². The van der Waals surface area contributed by atoms with Gasteiger partial charge < -0.3 is 14.8 Å². The van der Waals surface area contributed by atoms with E-state index in [1.807, 2.05) is 23.6 Å². The number of ether oxygens (including phenoxy) is 2. The minimum atomic E-state index is -0.262.